The summed E-state index contributed by atoms with van der Waals surface area (Å²) in [6, 6.07) is 6.11. The van der Waals surface area contributed by atoms with Crippen LogP contribution in [0, 0.1) is 10.1 Å². The Morgan fingerprint density at radius 1 is 1.45 bits per heavy atom. The number of aromatic nitrogens is 1. The molecule has 0 fully saturated rings. The zero-order valence-corrected chi connectivity index (χ0v) is 11.8. The number of nitro groups is 1. The Hall–Kier alpha value is -1.88. The maximum atomic E-state index is 10.9. The number of nitro benzene ring substituents is 1. The molecule has 3 rings (SSSR count). The van der Waals surface area contributed by atoms with Crippen LogP contribution in [0.4, 0.5) is 5.69 Å². The predicted molar refractivity (Wildman–Crippen MR) is 77.7 cm³/mol. The van der Waals surface area contributed by atoms with Gasteiger partial charge in [-0.05, 0) is 38.3 Å². The molecular weight excluding hydrogens is 254 g/mol. The Balaban J connectivity index is 2.10. The summed E-state index contributed by atoms with van der Waals surface area (Å²) in [4.78, 5) is 14.1. The fourth-order valence-corrected chi connectivity index (χ4v) is 3.26. The minimum Gasteiger partial charge on any atom is -0.353 e. The Kier molecular flexibility index (Phi) is 3.22. The highest BCUT2D eigenvalue weighted by atomic mass is 16.6. The molecule has 0 bridgehead atoms. The second kappa shape index (κ2) is 4.90. The third-order valence-electron chi connectivity index (χ3n) is 4.06. The van der Waals surface area contributed by atoms with Crippen molar-refractivity contribution in [1.82, 2.24) is 4.98 Å². The molecule has 3 N–H and O–H groups in total. The molecule has 1 aromatic heterocycles. The van der Waals surface area contributed by atoms with E-state index in [9.17, 15) is 10.1 Å². The number of nitrogens with one attached hydrogen (secondary N) is 1. The van der Waals surface area contributed by atoms with Gasteiger partial charge < -0.3 is 10.3 Å². The average Bonchev–Trinajstić information content (AvgIpc) is 2.77. The van der Waals surface area contributed by atoms with Crippen LogP contribution < -0.4 is 5.32 Å². The molecule has 0 spiro atoms. The van der Waals surface area contributed by atoms with Gasteiger partial charge in [-0.1, -0.05) is 0 Å². The van der Waals surface area contributed by atoms with E-state index in [-0.39, 0.29) is 10.6 Å². The van der Waals surface area contributed by atoms with Crippen LogP contribution in [0.25, 0.3) is 10.9 Å². The van der Waals surface area contributed by atoms with E-state index in [0.717, 1.165) is 23.7 Å². The highest BCUT2D eigenvalue weighted by molar-refractivity contribution is 5.87. The monoisotopic (exact) mass is 274 g/mol. The molecule has 1 heterocycles. The minimum absolute atomic E-state index is 0.175. The molecule has 0 amide bonds. The zero-order valence-electron chi connectivity index (χ0n) is 11.8. The third-order valence-corrected chi connectivity index (χ3v) is 4.06. The molecule has 106 valence electrons. The highest BCUT2D eigenvalue weighted by Gasteiger charge is 2.27. The maximum Gasteiger partial charge on any atom is 0.270 e. The lowest BCUT2D eigenvalue weighted by molar-refractivity contribution is -0.723. The molecule has 0 saturated heterocycles. The summed E-state index contributed by atoms with van der Waals surface area (Å²) in [5, 5.41) is 14.3. The van der Waals surface area contributed by atoms with Crippen molar-refractivity contribution in [3.8, 4) is 0 Å². The largest absolute Gasteiger partial charge is 0.353 e. The van der Waals surface area contributed by atoms with Crippen molar-refractivity contribution >= 4 is 16.6 Å². The van der Waals surface area contributed by atoms with Crippen LogP contribution in [0.2, 0.25) is 0 Å². The predicted octanol–water partition coefficient (Wildman–Crippen LogP) is 2.43. The van der Waals surface area contributed by atoms with E-state index in [0.29, 0.717) is 12.1 Å². The molecule has 1 aliphatic carbocycles. The van der Waals surface area contributed by atoms with Crippen LogP contribution in [0.5, 0.6) is 0 Å². The van der Waals surface area contributed by atoms with Gasteiger partial charge in [0.2, 0.25) is 0 Å². The lowest BCUT2D eigenvalue weighted by Crippen LogP contribution is -2.89. The Morgan fingerprint density at radius 3 is 2.95 bits per heavy atom. The quantitative estimate of drug-likeness (QED) is 0.666. The van der Waals surface area contributed by atoms with Gasteiger partial charge in [-0.15, -0.1) is 0 Å². The van der Waals surface area contributed by atoms with E-state index in [1.807, 2.05) is 6.07 Å². The SMILES string of the molecule is CC(C)[NH2+][C@H]1CCCc2c1[nH]c1ccc([N+](=O)[O-])cc21. The van der Waals surface area contributed by atoms with Crippen molar-refractivity contribution in [2.24, 2.45) is 0 Å². The van der Waals surface area contributed by atoms with Crippen LogP contribution in [0.1, 0.15) is 44.0 Å². The van der Waals surface area contributed by atoms with Gasteiger partial charge in [-0.25, -0.2) is 0 Å². The number of quaternary nitrogens is 1. The summed E-state index contributed by atoms with van der Waals surface area (Å²) in [5.41, 5.74) is 3.73. The first-order valence-corrected chi connectivity index (χ1v) is 7.20. The topological polar surface area (TPSA) is 75.5 Å². The van der Waals surface area contributed by atoms with Crippen molar-refractivity contribution in [3.63, 3.8) is 0 Å². The second-order valence-electron chi connectivity index (χ2n) is 5.94. The Morgan fingerprint density at radius 2 is 2.25 bits per heavy atom. The summed E-state index contributed by atoms with van der Waals surface area (Å²) in [5.74, 6) is 0. The van der Waals surface area contributed by atoms with Crippen molar-refractivity contribution in [1.29, 1.82) is 0 Å². The van der Waals surface area contributed by atoms with Gasteiger partial charge >= 0.3 is 0 Å². The number of aromatic amines is 1. The molecule has 0 saturated carbocycles. The van der Waals surface area contributed by atoms with Crippen LogP contribution in [0.3, 0.4) is 0 Å². The molecule has 1 atom stereocenters. The minimum atomic E-state index is -0.320. The number of non-ortho nitro benzene ring substituents is 1. The number of hydrogen-bond donors (Lipinski definition) is 2. The van der Waals surface area contributed by atoms with E-state index in [4.69, 9.17) is 0 Å². The third kappa shape index (κ3) is 2.18. The fourth-order valence-electron chi connectivity index (χ4n) is 3.26. The van der Waals surface area contributed by atoms with Gasteiger partial charge in [0.25, 0.3) is 5.69 Å². The Bertz CT molecular complexity index is 660. The van der Waals surface area contributed by atoms with Gasteiger partial charge in [0.05, 0.1) is 16.7 Å². The molecular formula is C15H20N3O2+. The lowest BCUT2D eigenvalue weighted by Gasteiger charge is -2.22. The van der Waals surface area contributed by atoms with Gasteiger partial charge in [0.1, 0.15) is 6.04 Å². The normalized spacial score (nSPS) is 18.4. The summed E-state index contributed by atoms with van der Waals surface area (Å²) in [6.07, 6.45) is 3.33. The van der Waals surface area contributed by atoms with Gasteiger partial charge in [-0.2, -0.15) is 0 Å². The number of nitrogens with two attached hydrogens (primary N) is 1. The van der Waals surface area contributed by atoms with E-state index < -0.39 is 0 Å². The zero-order chi connectivity index (χ0) is 14.3. The number of H-pyrrole nitrogens is 1. The van der Waals surface area contributed by atoms with Gasteiger partial charge in [0, 0.05) is 29.5 Å². The first kappa shape index (κ1) is 13.1. The van der Waals surface area contributed by atoms with Gasteiger partial charge in [-0.3, -0.25) is 10.1 Å². The molecule has 0 radical (unpaired) electrons. The highest BCUT2D eigenvalue weighted by Crippen LogP contribution is 2.34. The number of hydrogen-bond acceptors (Lipinski definition) is 2. The number of benzene rings is 1. The standard InChI is InChI=1S/C15H19N3O2/c1-9(2)16-14-5-3-4-11-12-8-10(18(19)20)6-7-13(12)17-15(11)14/h6-9,14,16-17H,3-5H2,1-2H3/p+1/t14-/m0/s1. The van der Waals surface area contributed by atoms with Crippen LogP contribution in [-0.4, -0.2) is 15.9 Å². The summed E-state index contributed by atoms with van der Waals surface area (Å²) >= 11 is 0. The second-order valence-corrected chi connectivity index (χ2v) is 5.94. The van der Waals surface area contributed by atoms with Crippen molar-refractivity contribution in [2.75, 3.05) is 0 Å². The first-order valence-electron chi connectivity index (χ1n) is 7.20. The molecule has 5 heteroatoms. The molecule has 2 aromatic rings. The average molecular weight is 274 g/mol. The van der Waals surface area contributed by atoms with Crippen LogP contribution in [-0.2, 0) is 6.42 Å². The van der Waals surface area contributed by atoms with Crippen molar-refractivity contribution in [2.45, 2.75) is 45.2 Å². The number of rotatable bonds is 3. The molecule has 1 aliphatic rings. The smallest absolute Gasteiger partial charge is 0.270 e. The van der Waals surface area contributed by atoms with E-state index in [1.165, 1.54) is 17.7 Å². The molecule has 0 aliphatic heterocycles. The van der Waals surface area contributed by atoms with Crippen LogP contribution >= 0.6 is 0 Å². The number of nitrogens with zero attached hydrogens (tertiary/aromatic N) is 1. The van der Waals surface area contributed by atoms with E-state index in [1.54, 1.807) is 12.1 Å². The summed E-state index contributed by atoms with van der Waals surface area (Å²) < 4.78 is 0. The van der Waals surface area contributed by atoms with Crippen LogP contribution in [0.15, 0.2) is 18.2 Å². The van der Waals surface area contributed by atoms with Gasteiger partial charge in [0.15, 0.2) is 0 Å². The molecule has 1 aromatic carbocycles. The molecule has 0 unspecified atom stereocenters. The summed E-state index contributed by atoms with van der Waals surface area (Å²) in [7, 11) is 0. The first-order chi connectivity index (χ1) is 9.56. The fraction of sp³-hybridized carbons (Fsp3) is 0.467. The molecule has 5 nitrogen and oxygen atoms in total. The van der Waals surface area contributed by atoms with E-state index in [2.05, 4.69) is 24.1 Å². The maximum absolute atomic E-state index is 10.9. The van der Waals surface area contributed by atoms with Crippen molar-refractivity contribution < 1.29 is 10.2 Å². The number of aryl methyl sites for hydroxylation is 1. The number of fused-ring (bicyclic) bond motifs is 3. The molecule has 20 heavy (non-hydrogen) atoms. The summed E-state index contributed by atoms with van der Waals surface area (Å²) in [6.45, 7) is 4.39. The van der Waals surface area contributed by atoms with E-state index >= 15 is 0 Å². The lowest BCUT2D eigenvalue weighted by atomic mass is 9.91. The Labute approximate surface area is 117 Å². The van der Waals surface area contributed by atoms with Crippen molar-refractivity contribution in [3.05, 3.63) is 39.6 Å².